The number of hydrogen-bond donors (Lipinski definition) is 0. The Labute approximate surface area is 86.6 Å². The van der Waals surface area contributed by atoms with Crippen LogP contribution < -0.4 is 0 Å². The van der Waals surface area contributed by atoms with Crippen LogP contribution in [0.5, 0.6) is 0 Å². The van der Waals surface area contributed by atoms with E-state index < -0.39 is 0 Å². The van der Waals surface area contributed by atoms with E-state index in [1.807, 2.05) is 19.9 Å². The van der Waals surface area contributed by atoms with Crippen molar-refractivity contribution in [2.24, 2.45) is 0 Å². The molecule has 2 rings (SSSR count). The molecule has 0 radical (unpaired) electrons. The lowest BCUT2D eigenvalue weighted by Crippen LogP contribution is -2.01. The van der Waals surface area contributed by atoms with Crippen molar-refractivity contribution in [2.45, 2.75) is 13.8 Å². The van der Waals surface area contributed by atoms with E-state index in [1.54, 1.807) is 10.7 Å². The zero-order chi connectivity index (χ0) is 10.1. The van der Waals surface area contributed by atoms with Crippen LogP contribution in [0.15, 0.2) is 18.5 Å². The second kappa shape index (κ2) is 3.38. The van der Waals surface area contributed by atoms with Crippen LogP contribution in [-0.2, 0) is 0 Å². The maximum atomic E-state index is 5.76. The lowest BCUT2D eigenvalue weighted by molar-refractivity contribution is 0.801. The molecule has 2 aromatic rings. The summed E-state index contributed by atoms with van der Waals surface area (Å²) in [5.74, 6) is 0.690. The van der Waals surface area contributed by atoms with Gasteiger partial charge < -0.3 is 0 Å². The average molecular weight is 209 g/mol. The van der Waals surface area contributed by atoms with Crippen LogP contribution in [-0.4, -0.2) is 19.7 Å². The molecule has 5 heteroatoms. The Morgan fingerprint density at radius 1 is 1.21 bits per heavy atom. The van der Waals surface area contributed by atoms with E-state index in [0.717, 1.165) is 11.4 Å². The Hall–Kier alpha value is -1.42. The first kappa shape index (κ1) is 9.15. The first-order valence-corrected chi connectivity index (χ1v) is 4.56. The molecule has 0 spiro atoms. The molecule has 0 aliphatic rings. The van der Waals surface area contributed by atoms with Crippen LogP contribution in [0.25, 0.3) is 5.82 Å². The highest BCUT2D eigenvalue weighted by atomic mass is 35.5. The number of aromatic nitrogens is 4. The molecule has 0 aromatic carbocycles. The molecule has 2 heterocycles. The van der Waals surface area contributed by atoms with Gasteiger partial charge in [0.15, 0.2) is 5.82 Å². The Morgan fingerprint density at radius 3 is 2.57 bits per heavy atom. The Balaban J connectivity index is 2.54. The van der Waals surface area contributed by atoms with Crippen LogP contribution in [0.3, 0.4) is 0 Å². The molecule has 0 saturated carbocycles. The minimum Gasteiger partial charge on any atom is -0.224 e. The molecule has 0 aliphatic carbocycles. The van der Waals surface area contributed by atoms with Gasteiger partial charge >= 0.3 is 0 Å². The van der Waals surface area contributed by atoms with Crippen LogP contribution in [0.2, 0.25) is 5.15 Å². The Bertz CT molecular complexity index is 464. The predicted molar refractivity (Wildman–Crippen MR) is 53.6 cm³/mol. The van der Waals surface area contributed by atoms with Gasteiger partial charge in [0.25, 0.3) is 0 Å². The molecule has 14 heavy (non-hydrogen) atoms. The van der Waals surface area contributed by atoms with Crippen molar-refractivity contribution < 1.29 is 0 Å². The smallest absolute Gasteiger partial charge is 0.158 e. The summed E-state index contributed by atoms with van der Waals surface area (Å²) in [6.45, 7) is 3.91. The third-order valence-corrected chi connectivity index (χ3v) is 2.05. The molecular weight excluding hydrogens is 200 g/mol. The molecule has 0 saturated heterocycles. The van der Waals surface area contributed by atoms with Gasteiger partial charge in [-0.1, -0.05) is 11.6 Å². The van der Waals surface area contributed by atoms with Gasteiger partial charge in [-0.2, -0.15) is 5.10 Å². The fourth-order valence-electron chi connectivity index (χ4n) is 1.30. The molecule has 0 aliphatic heterocycles. The monoisotopic (exact) mass is 208 g/mol. The van der Waals surface area contributed by atoms with Crippen molar-refractivity contribution in [3.05, 3.63) is 35.0 Å². The molecule has 72 valence electrons. The van der Waals surface area contributed by atoms with Gasteiger partial charge in [-0.05, 0) is 19.9 Å². The molecule has 0 N–H and O–H groups in total. The second-order valence-electron chi connectivity index (χ2n) is 3.04. The molecule has 0 unspecified atom stereocenters. The van der Waals surface area contributed by atoms with Crippen molar-refractivity contribution in [3.63, 3.8) is 0 Å². The number of rotatable bonds is 1. The standard InChI is InChI=1S/C9H9ClN4/c1-6-3-7(2)14(13-6)9-4-8(10)11-5-12-9/h3-5H,1-2H3. The van der Waals surface area contributed by atoms with Crippen LogP contribution >= 0.6 is 11.6 Å². The zero-order valence-electron chi connectivity index (χ0n) is 7.90. The van der Waals surface area contributed by atoms with Crippen LogP contribution in [0.4, 0.5) is 0 Å². The van der Waals surface area contributed by atoms with Crippen molar-refractivity contribution in [3.8, 4) is 5.82 Å². The summed E-state index contributed by atoms with van der Waals surface area (Å²) in [4.78, 5) is 7.90. The summed E-state index contributed by atoms with van der Waals surface area (Å²) in [6.07, 6.45) is 1.42. The number of hydrogen-bond acceptors (Lipinski definition) is 3. The normalized spacial score (nSPS) is 10.5. The third kappa shape index (κ3) is 1.61. The van der Waals surface area contributed by atoms with E-state index >= 15 is 0 Å². The van der Waals surface area contributed by atoms with E-state index in [2.05, 4.69) is 15.1 Å². The van der Waals surface area contributed by atoms with Gasteiger partial charge in [0.1, 0.15) is 11.5 Å². The van der Waals surface area contributed by atoms with Crippen LogP contribution in [0, 0.1) is 13.8 Å². The summed E-state index contributed by atoms with van der Waals surface area (Å²) in [6, 6.07) is 3.66. The maximum Gasteiger partial charge on any atom is 0.158 e. The largest absolute Gasteiger partial charge is 0.224 e. The average Bonchev–Trinajstić information content (AvgIpc) is 2.45. The SMILES string of the molecule is Cc1cc(C)n(-c2cc(Cl)ncn2)n1. The minimum absolute atomic E-state index is 0.419. The molecule has 0 bridgehead atoms. The minimum atomic E-state index is 0.419. The molecule has 2 aromatic heterocycles. The highest BCUT2D eigenvalue weighted by molar-refractivity contribution is 6.29. The molecule has 0 fully saturated rings. The zero-order valence-corrected chi connectivity index (χ0v) is 8.65. The lowest BCUT2D eigenvalue weighted by Gasteiger charge is -2.01. The summed E-state index contributed by atoms with van der Waals surface area (Å²) in [5.41, 5.74) is 1.98. The first-order valence-electron chi connectivity index (χ1n) is 4.18. The highest BCUT2D eigenvalue weighted by Crippen LogP contribution is 2.11. The van der Waals surface area contributed by atoms with Crippen LogP contribution in [0.1, 0.15) is 11.4 Å². The number of halogens is 1. The van der Waals surface area contributed by atoms with Crippen molar-refractivity contribution >= 4 is 11.6 Å². The summed E-state index contributed by atoms with van der Waals surface area (Å²) < 4.78 is 1.74. The molecule has 0 atom stereocenters. The summed E-state index contributed by atoms with van der Waals surface area (Å²) in [7, 11) is 0. The van der Waals surface area contributed by atoms with Gasteiger partial charge in [-0.3, -0.25) is 0 Å². The van der Waals surface area contributed by atoms with Crippen molar-refractivity contribution in [2.75, 3.05) is 0 Å². The number of nitrogens with zero attached hydrogens (tertiary/aromatic N) is 4. The van der Waals surface area contributed by atoms with Gasteiger partial charge in [0.05, 0.1) is 5.69 Å². The maximum absolute atomic E-state index is 5.76. The van der Waals surface area contributed by atoms with Gasteiger partial charge in [0.2, 0.25) is 0 Å². The lowest BCUT2D eigenvalue weighted by atomic mass is 10.4. The quantitative estimate of drug-likeness (QED) is 0.673. The topological polar surface area (TPSA) is 43.6 Å². The third-order valence-electron chi connectivity index (χ3n) is 1.85. The Kier molecular flexibility index (Phi) is 2.21. The predicted octanol–water partition coefficient (Wildman–Crippen LogP) is 1.93. The van der Waals surface area contributed by atoms with E-state index in [9.17, 15) is 0 Å². The van der Waals surface area contributed by atoms with Crippen molar-refractivity contribution in [1.29, 1.82) is 0 Å². The van der Waals surface area contributed by atoms with Crippen molar-refractivity contribution in [1.82, 2.24) is 19.7 Å². The summed E-state index contributed by atoms with van der Waals surface area (Å²) in [5, 5.41) is 4.71. The molecule has 4 nitrogen and oxygen atoms in total. The van der Waals surface area contributed by atoms with Gasteiger partial charge in [-0.15, -0.1) is 0 Å². The number of aryl methyl sites for hydroxylation is 2. The van der Waals surface area contributed by atoms with E-state index in [0.29, 0.717) is 11.0 Å². The fourth-order valence-corrected chi connectivity index (χ4v) is 1.44. The second-order valence-corrected chi connectivity index (χ2v) is 3.43. The molecular formula is C9H9ClN4. The fraction of sp³-hybridized carbons (Fsp3) is 0.222. The Morgan fingerprint density at radius 2 is 2.00 bits per heavy atom. The first-order chi connectivity index (χ1) is 6.66. The highest BCUT2D eigenvalue weighted by Gasteiger charge is 2.04. The summed E-state index contributed by atoms with van der Waals surface area (Å²) >= 11 is 5.76. The van der Waals surface area contributed by atoms with Gasteiger partial charge in [0, 0.05) is 11.8 Å². The molecule has 0 amide bonds. The van der Waals surface area contributed by atoms with E-state index in [1.165, 1.54) is 6.33 Å². The van der Waals surface area contributed by atoms with E-state index in [4.69, 9.17) is 11.6 Å². The van der Waals surface area contributed by atoms with Gasteiger partial charge in [-0.25, -0.2) is 14.6 Å². The van der Waals surface area contributed by atoms with E-state index in [-0.39, 0.29) is 0 Å².